The summed E-state index contributed by atoms with van der Waals surface area (Å²) in [5.74, 6) is 1.92. The lowest BCUT2D eigenvalue weighted by molar-refractivity contribution is -0.123. The summed E-state index contributed by atoms with van der Waals surface area (Å²) >= 11 is 7.76. The molecule has 1 saturated carbocycles. The molecule has 0 spiro atoms. The molecule has 1 fully saturated rings. The van der Waals surface area contributed by atoms with Crippen LogP contribution in [0, 0.1) is 35.0 Å². The quantitative estimate of drug-likeness (QED) is 0.272. The zero-order valence-corrected chi connectivity index (χ0v) is 27.3. The molecule has 1 amide bonds. The largest absolute Gasteiger partial charge is 0.491 e. The second-order valence-electron chi connectivity index (χ2n) is 12.5. The predicted molar refractivity (Wildman–Crippen MR) is 175 cm³/mol. The first-order valence-corrected chi connectivity index (χ1v) is 16.9. The van der Waals surface area contributed by atoms with Gasteiger partial charge in [-0.05, 0) is 96.3 Å². The van der Waals surface area contributed by atoms with Crippen LogP contribution in [0.1, 0.15) is 69.1 Å². The maximum atomic E-state index is 13.2. The third-order valence-corrected chi connectivity index (χ3v) is 10.8. The van der Waals surface area contributed by atoms with Crippen molar-refractivity contribution in [2.75, 3.05) is 31.7 Å². The van der Waals surface area contributed by atoms with Crippen LogP contribution in [-0.4, -0.2) is 38.8 Å². The van der Waals surface area contributed by atoms with Gasteiger partial charge in [-0.15, -0.1) is 0 Å². The van der Waals surface area contributed by atoms with E-state index in [2.05, 4.69) is 59.9 Å². The van der Waals surface area contributed by atoms with Gasteiger partial charge in [0.1, 0.15) is 5.75 Å². The van der Waals surface area contributed by atoms with E-state index < -0.39 is 0 Å². The molecule has 6 nitrogen and oxygen atoms in total. The van der Waals surface area contributed by atoms with Crippen molar-refractivity contribution in [3.63, 3.8) is 0 Å². The van der Waals surface area contributed by atoms with Gasteiger partial charge in [0, 0.05) is 42.0 Å². The maximum absolute atomic E-state index is 13.2. The van der Waals surface area contributed by atoms with E-state index in [1.54, 1.807) is 0 Å². The summed E-state index contributed by atoms with van der Waals surface area (Å²) in [4.78, 5) is 16.6. The second-order valence-corrected chi connectivity index (χ2v) is 13.8. The van der Waals surface area contributed by atoms with Crippen LogP contribution < -0.4 is 14.4 Å². The summed E-state index contributed by atoms with van der Waals surface area (Å²) in [6.07, 6.45) is 9.86. The molecular formula is C35H44ClN3O3S. The number of nitrogens with zero attached hydrogens (tertiary/aromatic N) is 2. The van der Waals surface area contributed by atoms with Gasteiger partial charge < -0.3 is 14.4 Å². The minimum Gasteiger partial charge on any atom is -0.491 e. The topological polar surface area (TPSA) is 74.6 Å². The monoisotopic (exact) mass is 621 g/mol. The van der Waals surface area contributed by atoms with E-state index in [0.717, 1.165) is 72.1 Å². The molecule has 2 bridgehead atoms. The van der Waals surface area contributed by atoms with Crippen LogP contribution in [0.5, 0.6) is 5.75 Å². The smallest absolute Gasteiger partial charge is 0.233 e. The lowest BCUT2D eigenvalue weighted by Crippen LogP contribution is -2.44. The normalized spacial score (nSPS) is 28.4. The van der Waals surface area contributed by atoms with Crippen LogP contribution in [0.3, 0.4) is 0 Å². The fourth-order valence-corrected chi connectivity index (χ4v) is 7.74. The van der Waals surface area contributed by atoms with E-state index in [9.17, 15) is 10.1 Å². The number of anilines is 1. The van der Waals surface area contributed by atoms with Crippen LogP contribution in [-0.2, 0) is 22.4 Å². The molecule has 2 aliphatic heterocycles. The van der Waals surface area contributed by atoms with Gasteiger partial charge in [0.2, 0.25) is 5.91 Å². The average molecular weight is 622 g/mol. The first-order chi connectivity index (χ1) is 20.8. The van der Waals surface area contributed by atoms with Gasteiger partial charge >= 0.3 is 0 Å². The molecule has 2 heterocycles. The predicted octanol–water partition coefficient (Wildman–Crippen LogP) is 7.74. The Hall–Kier alpha value is -2.66. The Morgan fingerprint density at radius 1 is 1.19 bits per heavy atom. The number of hydrogen-bond donors (Lipinski definition) is 1. The third kappa shape index (κ3) is 7.19. The number of benzene rings is 2. The second kappa shape index (κ2) is 14.4. The minimum atomic E-state index is -0.153. The Morgan fingerprint density at radius 3 is 2.74 bits per heavy atom. The summed E-state index contributed by atoms with van der Waals surface area (Å²) in [6.45, 7) is 8.55. The molecule has 6 atom stereocenters. The highest BCUT2D eigenvalue weighted by molar-refractivity contribution is 7.98. The molecule has 2 aromatic carbocycles. The van der Waals surface area contributed by atoms with Crippen LogP contribution in [0.4, 0.5) is 5.69 Å². The first-order valence-electron chi connectivity index (χ1n) is 15.7. The van der Waals surface area contributed by atoms with E-state index in [0.29, 0.717) is 18.4 Å². The lowest BCUT2D eigenvalue weighted by Gasteiger charge is -2.43. The molecule has 43 heavy (non-hydrogen) atoms. The van der Waals surface area contributed by atoms with Gasteiger partial charge in [0.25, 0.3) is 0 Å². The van der Waals surface area contributed by atoms with Crippen molar-refractivity contribution in [3.05, 3.63) is 64.2 Å². The van der Waals surface area contributed by atoms with Crippen LogP contribution in [0.15, 0.2) is 47.4 Å². The minimum absolute atomic E-state index is 0.00226. The molecule has 6 unspecified atom stereocenters. The number of hydrogen-bond acceptors (Lipinski definition) is 6. The molecule has 8 heteroatoms. The number of nitriles is 1. The number of ether oxygens (including phenoxy) is 2. The average Bonchev–Trinajstić information content (AvgIpc) is 3.15. The zero-order chi connectivity index (χ0) is 30.5. The van der Waals surface area contributed by atoms with Crippen molar-refractivity contribution >= 4 is 35.1 Å². The molecule has 1 aliphatic carbocycles. The van der Waals surface area contributed by atoms with Crippen molar-refractivity contribution in [1.82, 2.24) is 4.72 Å². The van der Waals surface area contributed by atoms with Gasteiger partial charge in [-0.1, -0.05) is 57.0 Å². The van der Waals surface area contributed by atoms with E-state index >= 15 is 0 Å². The van der Waals surface area contributed by atoms with Crippen molar-refractivity contribution in [2.45, 2.75) is 76.2 Å². The number of amides is 1. The molecule has 2 aromatic rings. The lowest BCUT2D eigenvalue weighted by atomic mass is 9.70. The van der Waals surface area contributed by atoms with Crippen molar-refractivity contribution < 1.29 is 14.3 Å². The Labute approximate surface area is 266 Å². The summed E-state index contributed by atoms with van der Waals surface area (Å²) in [7, 11) is 1.81. The highest BCUT2D eigenvalue weighted by Gasteiger charge is 2.39. The maximum Gasteiger partial charge on any atom is 0.233 e. The van der Waals surface area contributed by atoms with Gasteiger partial charge in [-0.3, -0.25) is 9.52 Å². The molecule has 5 rings (SSSR count). The first kappa shape index (κ1) is 31.8. The summed E-state index contributed by atoms with van der Waals surface area (Å²) in [5, 5.41) is 10.4. The third-order valence-electron chi connectivity index (χ3n) is 9.68. The van der Waals surface area contributed by atoms with Crippen molar-refractivity contribution in [3.8, 4) is 11.8 Å². The van der Waals surface area contributed by atoms with Gasteiger partial charge in [0.05, 0.1) is 30.9 Å². The number of halogens is 1. The number of aryl methyl sites for hydroxylation is 1. The molecule has 230 valence electrons. The SMILES string of the molecule is CCCc1cc(Cl)ccc1C1COc2cc(CC#N)c3cc2N(C1)CC1CCC1C(OC)/C=C/CC(C)C(C)C(=O)NS3. The summed E-state index contributed by atoms with van der Waals surface area (Å²) < 4.78 is 15.7. The molecular weight excluding hydrogens is 578 g/mol. The number of carbonyl (C=O) groups is 1. The van der Waals surface area contributed by atoms with Crippen molar-refractivity contribution in [2.24, 2.45) is 23.7 Å². The molecule has 3 aliphatic rings. The zero-order valence-electron chi connectivity index (χ0n) is 25.8. The number of allylic oxidation sites excluding steroid dienone is 1. The number of rotatable bonds is 5. The Kier molecular flexibility index (Phi) is 10.6. The number of methoxy groups -OCH3 is 1. The van der Waals surface area contributed by atoms with Crippen LogP contribution >= 0.6 is 23.5 Å². The van der Waals surface area contributed by atoms with Crippen LogP contribution in [0.25, 0.3) is 0 Å². The Balaban J connectivity index is 1.56. The highest BCUT2D eigenvalue weighted by Crippen LogP contribution is 2.44. The molecule has 0 saturated heterocycles. The van der Waals surface area contributed by atoms with Gasteiger partial charge in [-0.2, -0.15) is 5.26 Å². The Bertz CT molecular complexity index is 1370. The molecule has 1 N–H and O–H groups in total. The fourth-order valence-electron chi connectivity index (χ4n) is 6.72. The van der Waals surface area contributed by atoms with Crippen LogP contribution in [0.2, 0.25) is 5.02 Å². The van der Waals surface area contributed by atoms with E-state index in [-0.39, 0.29) is 36.2 Å². The molecule has 0 aromatic heterocycles. The standard InChI is InChI=1S/C35H44ClN3O3S/c1-5-7-24-16-28(36)11-13-29(24)27-20-39-19-26-10-12-30(26)32(41-4)9-6-8-22(2)23(3)35(40)38-43-34-18-31(39)33(42-21-27)17-25(34)14-15-37/h6,9,11,13,16-18,22-23,26-27,30,32H,5,7-8,10,12,14,19-21H2,1-4H3,(H,38,40)/b9-6+. The van der Waals surface area contributed by atoms with E-state index in [4.69, 9.17) is 21.1 Å². The number of nitrogens with one attached hydrogen (secondary N) is 1. The van der Waals surface area contributed by atoms with Gasteiger partial charge in [0.15, 0.2) is 0 Å². The van der Waals surface area contributed by atoms with Crippen molar-refractivity contribution in [1.29, 1.82) is 5.26 Å². The number of fused-ring (bicyclic) bond motifs is 2. The molecule has 0 radical (unpaired) electrons. The van der Waals surface area contributed by atoms with E-state index in [1.807, 2.05) is 26.2 Å². The number of carbonyl (C=O) groups excluding carboxylic acids is 1. The summed E-state index contributed by atoms with van der Waals surface area (Å²) in [6, 6.07) is 12.7. The fraction of sp³-hybridized carbons (Fsp3) is 0.543. The highest BCUT2D eigenvalue weighted by atomic mass is 35.5. The summed E-state index contributed by atoms with van der Waals surface area (Å²) in [5.41, 5.74) is 4.46. The Morgan fingerprint density at radius 2 is 2.02 bits per heavy atom. The van der Waals surface area contributed by atoms with Gasteiger partial charge in [-0.25, -0.2) is 0 Å². The van der Waals surface area contributed by atoms with E-state index in [1.165, 1.54) is 23.1 Å².